The van der Waals surface area contributed by atoms with Gasteiger partial charge in [0.25, 0.3) is 0 Å². The van der Waals surface area contributed by atoms with Crippen molar-refractivity contribution >= 4 is 16.6 Å². The number of nitrogens with one attached hydrogen (secondary N) is 1. The van der Waals surface area contributed by atoms with Crippen molar-refractivity contribution in [3.63, 3.8) is 0 Å². The van der Waals surface area contributed by atoms with Gasteiger partial charge in [0.15, 0.2) is 5.65 Å². The Bertz CT molecular complexity index is 1320. The highest BCUT2D eigenvalue weighted by molar-refractivity contribution is 5.92. The molecule has 3 heterocycles. The van der Waals surface area contributed by atoms with Crippen molar-refractivity contribution in [3.05, 3.63) is 64.1 Å². The zero-order valence-electron chi connectivity index (χ0n) is 17.5. The summed E-state index contributed by atoms with van der Waals surface area (Å²) >= 11 is 0. The number of fused-ring (bicyclic) bond motifs is 3. The number of likely N-dealkylation sites (tertiary alicyclic amines) is 1. The van der Waals surface area contributed by atoms with Crippen LogP contribution in [-0.2, 0) is 6.54 Å². The van der Waals surface area contributed by atoms with Gasteiger partial charge in [-0.1, -0.05) is 24.3 Å². The number of aryl methyl sites for hydroxylation is 1. The first-order valence-electron chi connectivity index (χ1n) is 10.7. The lowest BCUT2D eigenvalue weighted by Gasteiger charge is -2.31. The third-order valence-corrected chi connectivity index (χ3v) is 6.49. The minimum atomic E-state index is -0.295. The van der Waals surface area contributed by atoms with Crippen LogP contribution in [0.3, 0.4) is 0 Å². The van der Waals surface area contributed by atoms with Crippen molar-refractivity contribution in [1.82, 2.24) is 19.5 Å². The number of aliphatic hydroxyl groups excluding tert-OH is 1. The summed E-state index contributed by atoms with van der Waals surface area (Å²) in [6, 6.07) is 13.6. The van der Waals surface area contributed by atoms with E-state index < -0.39 is 0 Å². The smallest absolute Gasteiger partial charge is 0.348 e. The molecule has 7 heteroatoms. The topological polar surface area (TPSA) is 93.9 Å². The Morgan fingerprint density at radius 2 is 1.90 bits per heavy atom. The fraction of sp³-hybridized carbons (Fsp3) is 0.333. The number of H-pyrrole nitrogens is 1. The van der Waals surface area contributed by atoms with E-state index in [1.165, 1.54) is 0 Å². The summed E-state index contributed by atoms with van der Waals surface area (Å²) in [6.07, 6.45) is 2.00. The Hall–Kier alpha value is -3.16. The van der Waals surface area contributed by atoms with Crippen molar-refractivity contribution in [2.24, 2.45) is 5.92 Å². The highest BCUT2D eigenvalue weighted by Gasteiger charge is 2.20. The number of phenols is 1. The van der Waals surface area contributed by atoms with Crippen molar-refractivity contribution in [3.8, 4) is 16.9 Å². The molecule has 1 saturated heterocycles. The molecule has 0 spiro atoms. The molecule has 1 aliphatic rings. The molecule has 1 aliphatic heterocycles. The van der Waals surface area contributed by atoms with Gasteiger partial charge in [-0.2, -0.15) is 5.10 Å². The van der Waals surface area contributed by atoms with E-state index in [4.69, 9.17) is 0 Å². The molecule has 5 rings (SSSR count). The van der Waals surface area contributed by atoms with Crippen molar-refractivity contribution in [1.29, 1.82) is 0 Å². The van der Waals surface area contributed by atoms with Crippen LogP contribution in [0.25, 0.3) is 27.7 Å². The lowest BCUT2D eigenvalue weighted by Crippen LogP contribution is -2.34. The van der Waals surface area contributed by atoms with Gasteiger partial charge in [-0.05, 0) is 73.7 Å². The number of pyridine rings is 1. The third kappa shape index (κ3) is 3.49. The predicted molar refractivity (Wildman–Crippen MR) is 120 cm³/mol. The quantitative estimate of drug-likeness (QED) is 0.474. The number of hydrogen-bond acceptors (Lipinski definition) is 5. The Kier molecular flexibility index (Phi) is 5.00. The average molecular weight is 418 g/mol. The maximum Gasteiger partial charge on any atom is 0.348 e. The molecular weight excluding hydrogens is 392 g/mol. The highest BCUT2D eigenvalue weighted by Crippen LogP contribution is 2.37. The summed E-state index contributed by atoms with van der Waals surface area (Å²) in [4.78, 5) is 14.8. The summed E-state index contributed by atoms with van der Waals surface area (Å²) in [6.45, 7) is 4.89. The van der Waals surface area contributed by atoms with E-state index in [2.05, 4.69) is 21.2 Å². The lowest BCUT2D eigenvalue weighted by atomic mass is 9.94. The molecule has 4 aromatic rings. The maximum absolute atomic E-state index is 12.4. The van der Waals surface area contributed by atoms with Crippen LogP contribution in [-0.4, -0.2) is 49.4 Å². The van der Waals surface area contributed by atoms with Crippen LogP contribution in [0.2, 0.25) is 0 Å². The Morgan fingerprint density at radius 1 is 1.13 bits per heavy atom. The van der Waals surface area contributed by atoms with E-state index in [-0.39, 0.29) is 18.0 Å². The van der Waals surface area contributed by atoms with Gasteiger partial charge in [-0.25, -0.2) is 14.3 Å². The summed E-state index contributed by atoms with van der Waals surface area (Å²) < 4.78 is 1.55. The van der Waals surface area contributed by atoms with Crippen LogP contribution in [0.15, 0.2) is 47.3 Å². The van der Waals surface area contributed by atoms with Gasteiger partial charge in [-0.3, -0.25) is 4.90 Å². The number of aromatic hydroxyl groups is 1. The Balaban J connectivity index is 1.60. The molecule has 1 fully saturated rings. The molecule has 160 valence electrons. The number of nitrogens with zero attached hydrogens (tertiary/aromatic N) is 3. The van der Waals surface area contributed by atoms with Gasteiger partial charge in [0.05, 0.1) is 5.52 Å². The number of hydrogen-bond donors (Lipinski definition) is 3. The van der Waals surface area contributed by atoms with Gasteiger partial charge in [0, 0.05) is 24.1 Å². The molecule has 0 bridgehead atoms. The molecule has 31 heavy (non-hydrogen) atoms. The molecule has 2 aromatic heterocycles. The van der Waals surface area contributed by atoms with Crippen LogP contribution in [0, 0.1) is 12.8 Å². The summed E-state index contributed by atoms with van der Waals surface area (Å²) in [5.41, 5.74) is 4.72. The minimum absolute atomic E-state index is 0.193. The van der Waals surface area contributed by atoms with Gasteiger partial charge < -0.3 is 10.2 Å². The summed E-state index contributed by atoms with van der Waals surface area (Å²) in [5, 5.41) is 27.8. The Labute approximate surface area is 179 Å². The summed E-state index contributed by atoms with van der Waals surface area (Å²) in [7, 11) is 0. The maximum atomic E-state index is 12.4. The zero-order chi connectivity index (χ0) is 21.5. The molecule has 0 saturated carbocycles. The van der Waals surface area contributed by atoms with Crippen LogP contribution in [0.4, 0.5) is 0 Å². The first-order valence-corrected chi connectivity index (χ1v) is 10.7. The minimum Gasteiger partial charge on any atom is -0.507 e. The number of aliphatic hydroxyl groups is 1. The van der Waals surface area contributed by atoms with Crippen molar-refractivity contribution in [2.75, 3.05) is 19.7 Å². The van der Waals surface area contributed by atoms with E-state index >= 15 is 0 Å². The highest BCUT2D eigenvalue weighted by atomic mass is 16.3. The van der Waals surface area contributed by atoms with Crippen LogP contribution in [0.5, 0.6) is 5.75 Å². The molecule has 0 atom stereocenters. The molecule has 0 radical (unpaired) electrons. The molecule has 3 N–H and O–H groups in total. The predicted octanol–water partition coefficient (Wildman–Crippen LogP) is 3.06. The second kappa shape index (κ2) is 7.83. The van der Waals surface area contributed by atoms with Crippen LogP contribution >= 0.6 is 0 Å². The number of aromatic nitrogens is 3. The number of benzene rings is 2. The fourth-order valence-corrected chi connectivity index (χ4v) is 4.69. The van der Waals surface area contributed by atoms with Crippen molar-refractivity contribution < 1.29 is 10.2 Å². The third-order valence-electron chi connectivity index (χ3n) is 6.49. The van der Waals surface area contributed by atoms with E-state index in [0.29, 0.717) is 17.1 Å². The normalized spacial score (nSPS) is 15.8. The largest absolute Gasteiger partial charge is 0.507 e. The molecule has 0 unspecified atom stereocenters. The monoisotopic (exact) mass is 418 g/mol. The van der Waals surface area contributed by atoms with E-state index in [9.17, 15) is 15.0 Å². The molecular formula is C24H26N4O3. The van der Waals surface area contributed by atoms with Gasteiger partial charge in [0.2, 0.25) is 0 Å². The number of piperidine rings is 1. The first kappa shape index (κ1) is 19.8. The molecule has 0 amide bonds. The van der Waals surface area contributed by atoms with E-state index in [0.717, 1.165) is 60.1 Å². The zero-order valence-corrected chi connectivity index (χ0v) is 17.5. The Morgan fingerprint density at radius 3 is 2.68 bits per heavy atom. The van der Waals surface area contributed by atoms with Crippen molar-refractivity contribution in [2.45, 2.75) is 26.3 Å². The lowest BCUT2D eigenvalue weighted by molar-refractivity contribution is 0.127. The van der Waals surface area contributed by atoms with E-state index in [1.807, 2.05) is 37.3 Å². The van der Waals surface area contributed by atoms with Gasteiger partial charge in [-0.15, -0.1) is 0 Å². The van der Waals surface area contributed by atoms with Gasteiger partial charge in [0.1, 0.15) is 5.75 Å². The summed E-state index contributed by atoms with van der Waals surface area (Å²) in [5.74, 6) is 0.591. The fourth-order valence-electron chi connectivity index (χ4n) is 4.69. The second-order valence-electron chi connectivity index (χ2n) is 8.50. The number of aromatic amines is 1. The molecule has 7 nitrogen and oxygen atoms in total. The first-order chi connectivity index (χ1) is 15.0. The SMILES string of the molecule is Cc1cc2n[nH]c(=O)n2c2cc(-c3ccccc3CN3CCC(CO)CC3)c(O)cc12. The van der Waals surface area contributed by atoms with Crippen LogP contribution < -0.4 is 5.69 Å². The standard InChI is InChI=1S/C24H26N4O3/c1-15-10-23-25-26-24(31)28(23)21-11-20(22(30)12-19(15)21)18-5-3-2-4-17(18)13-27-8-6-16(14-29)7-9-27/h2-5,10-12,16,29-30H,6-9,13-14H2,1H3,(H,26,31). The molecule has 0 aliphatic carbocycles. The van der Waals surface area contributed by atoms with E-state index in [1.54, 1.807) is 10.5 Å². The second-order valence-corrected chi connectivity index (χ2v) is 8.50. The van der Waals surface area contributed by atoms with Crippen LogP contribution in [0.1, 0.15) is 24.0 Å². The number of rotatable bonds is 4. The average Bonchev–Trinajstić information content (AvgIpc) is 3.15. The molecule has 2 aromatic carbocycles. The number of phenolic OH excluding ortho intramolecular Hbond substituents is 1. The van der Waals surface area contributed by atoms with Gasteiger partial charge >= 0.3 is 5.69 Å².